The number of ether oxygens (including phenoxy) is 1. The summed E-state index contributed by atoms with van der Waals surface area (Å²) >= 11 is 1.99. The summed E-state index contributed by atoms with van der Waals surface area (Å²) in [6.45, 7) is 0. The van der Waals surface area contributed by atoms with Crippen LogP contribution in [0.4, 0.5) is 11.6 Å². The highest BCUT2D eigenvalue weighted by molar-refractivity contribution is 7.99. The summed E-state index contributed by atoms with van der Waals surface area (Å²) in [7, 11) is 1.58. The average Bonchev–Trinajstić information content (AvgIpc) is 2.31. The van der Waals surface area contributed by atoms with Gasteiger partial charge in [-0.2, -0.15) is 11.8 Å². The smallest absolute Gasteiger partial charge is 0.203 e. The molecule has 88 valence electrons. The zero-order valence-electron chi connectivity index (χ0n) is 9.27. The van der Waals surface area contributed by atoms with Gasteiger partial charge in [0.25, 0.3) is 0 Å². The quantitative estimate of drug-likeness (QED) is 0.831. The molecular formula is C10H16N4OS. The summed E-state index contributed by atoms with van der Waals surface area (Å²) in [4.78, 5) is 8.07. The molecule has 0 amide bonds. The first-order valence-electron chi connectivity index (χ1n) is 5.30. The number of nitrogens with zero attached hydrogens (tertiary/aromatic N) is 2. The highest BCUT2D eigenvalue weighted by Crippen LogP contribution is 2.29. The SMILES string of the molecule is COc1c(N)ncnc1NC1CCSCC1. The monoisotopic (exact) mass is 240 g/mol. The van der Waals surface area contributed by atoms with Crippen molar-refractivity contribution in [2.75, 3.05) is 29.7 Å². The molecule has 6 heteroatoms. The molecule has 1 aromatic rings. The van der Waals surface area contributed by atoms with E-state index in [0.29, 0.717) is 23.4 Å². The van der Waals surface area contributed by atoms with Crippen molar-refractivity contribution < 1.29 is 4.74 Å². The molecule has 1 saturated heterocycles. The lowest BCUT2D eigenvalue weighted by Gasteiger charge is -2.23. The zero-order valence-corrected chi connectivity index (χ0v) is 10.1. The number of thioether (sulfide) groups is 1. The molecule has 1 aromatic heterocycles. The Balaban J connectivity index is 2.10. The Kier molecular flexibility index (Phi) is 3.71. The maximum Gasteiger partial charge on any atom is 0.203 e. The number of anilines is 2. The van der Waals surface area contributed by atoms with Crippen LogP contribution in [0.15, 0.2) is 6.33 Å². The van der Waals surface area contributed by atoms with Gasteiger partial charge in [-0.05, 0) is 24.3 Å². The third-order valence-electron chi connectivity index (χ3n) is 2.60. The Morgan fingerprint density at radius 1 is 1.44 bits per heavy atom. The standard InChI is InChI=1S/C10H16N4OS/c1-15-8-9(11)12-6-13-10(8)14-7-2-4-16-5-3-7/h6-7H,2-5H2,1H3,(H3,11,12,13,14). The number of methoxy groups -OCH3 is 1. The predicted molar refractivity (Wildman–Crippen MR) is 67.0 cm³/mol. The Morgan fingerprint density at radius 3 is 2.88 bits per heavy atom. The molecule has 3 N–H and O–H groups in total. The van der Waals surface area contributed by atoms with E-state index in [1.165, 1.54) is 17.8 Å². The molecule has 0 atom stereocenters. The van der Waals surface area contributed by atoms with E-state index >= 15 is 0 Å². The zero-order chi connectivity index (χ0) is 11.4. The predicted octanol–water partition coefficient (Wildman–Crippen LogP) is 1.37. The summed E-state index contributed by atoms with van der Waals surface area (Å²) in [5.41, 5.74) is 5.72. The van der Waals surface area contributed by atoms with Gasteiger partial charge >= 0.3 is 0 Å². The first kappa shape index (κ1) is 11.3. The Morgan fingerprint density at radius 2 is 2.19 bits per heavy atom. The lowest BCUT2D eigenvalue weighted by atomic mass is 10.1. The first-order valence-corrected chi connectivity index (χ1v) is 6.45. The van der Waals surface area contributed by atoms with Crippen molar-refractivity contribution in [2.45, 2.75) is 18.9 Å². The Hall–Kier alpha value is -1.17. The van der Waals surface area contributed by atoms with Crippen LogP contribution < -0.4 is 15.8 Å². The molecular weight excluding hydrogens is 224 g/mol. The van der Waals surface area contributed by atoms with E-state index in [-0.39, 0.29) is 0 Å². The van der Waals surface area contributed by atoms with E-state index in [1.807, 2.05) is 11.8 Å². The average molecular weight is 240 g/mol. The number of hydrogen-bond donors (Lipinski definition) is 2. The molecule has 0 bridgehead atoms. The van der Waals surface area contributed by atoms with E-state index in [2.05, 4.69) is 15.3 Å². The minimum absolute atomic E-state index is 0.380. The third kappa shape index (κ3) is 2.49. The second-order valence-corrected chi connectivity index (χ2v) is 4.90. The second kappa shape index (κ2) is 5.25. The molecule has 0 aromatic carbocycles. The highest BCUT2D eigenvalue weighted by Gasteiger charge is 2.17. The molecule has 1 aliphatic rings. The minimum Gasteiger partial charge on any atom is -0.490 e. The summed E-state index contributed by atoms with van der Waals surface area (Å²) in [6.07, 6.45) is 3.76. The molecule has 2 rings (SSSR count). The van der Waals surface area contributed by atoms with Gasteiger partial charge in [0.15, 0.2) is 11.6 Å². The van der Waals surface area contributed by atoms with E-state index in [1.54, 1.807) is 7.11 Å². The van der Waals surface area contributed by atoms with Gasteiger partial charge < -0.3 is 15.8 Å². The number of nitrogen functional groups attached to an aromatic ring is 1. The van der Waals surface area contributed by atoms with Crippen LogP contribution in [0.2, 0.25) is 0 Å². The van der Waals surface area contributed by atoms with Crippen LogP contribution in [0.5, 0.6) is 5.75 Å². The fourth-order valence-electron chi connectivity index (χ4n) is 1.73. The molecule has 2 heterocycles. The van der Waals surface area contributed by atoms with Crippen molar-refractivity contribution in [1.29, 1.82) is 0 Å². The number of hydrogen-bond acceptors (Lipinski definition) is 6. The van der Waals surface area contributed by atoms with Crippen molar-refractivity contribution in [3.8, 4) is 5.75 Å². The summed E-state index contributed by atoms with van der Waals surface area (Å²) in [6, 6.07) is 0.462. The van der Waals surface area contributed by atoms with Crippen LogP contribution >= 0.6 is 11.8 Å². The normalized spacial score (nSPS) is 17.1. The van der Waals surface area contributed by atoms with Gasteiger partial charge in [-0.15, -0.1) is 0 Å². The first-order chi connectivity index (χ1) is 7.81. The lowest BCUT2D eigenvalue weighted by molar-refractivity contribution is 0.414. The van der Waals surface area contributed by atoms with Crippen molar-refractivity contribution in [3.63, 3.8) is 0 Å². The van der Waals surface area contributed by atoms with Crippen LogP contribution in [0, 0.1) is 0 Å². The van der Waals surface area contributed by atoms with Gasteiger partial charge in [0, 0.05) is 6.04 Å². The number of nitrogens with one attached hydrogen (secondary N) is 1. The van der Waals surface area contributed by atoms with Crippen LogP contribution in [0.25, 0.3) is 0 Å². The van der Waals surface area contributed by atoms with E-state index < -0.39 is 0 Å². The van der Waals surface area contributed by atoms with Crippen molar-refractivity contribution in [3.05, 3.63) is 6.33 Å². The fourth-order valence-corrected chi connectivity index (χ4v) is 2.83. The minimum atomic E-state index is 0.380. The molecule has 0 unspecified atom stereocenters. The fraction of sp³-hybridized carbons (Fsp3) is 0.600. The topological polar surface area (TPSA) is 73.1 Å². The van der Waals surface area contributed by atoms with Crippen molar-refractivity contribution in [2.24, 2.45) is 0 Å². The van der Waals surface area contributed by atoms with Crippen molar-refractivity contribution in [1.82, 2.24) is 9.97 Å². The molecule has 0 spiro atoms. The van der Waals surface area contributed by atoms with E-state index in [0.717, 1.165) is 12.8 Å². The number of nitrogens with two attached hydrogens (primary N) is 1. The van der Waals surface area contributed by atoms with Gasteiger partial charge in [-0.25, -0.2) is 9.97 Å². The van der Waals surface area contributed by atoms with Gasteiger partial charge in [-0.3, -0.25) is 0 Å². The van der Waals surface area contributed by atoms with Crippen LogP contribution in [0.3, 0.4) is 0 Å². The summed E-state index contributed by atoms with van der Waals surface area (Å²) in [5.74, 6) is 4.01. The largest absolute Gasteiger partial charge is 0.490 e. The molecule has 1 fully saturated rings. The number of rotatable bonds is 3. The highest BCUT2D eigenvalue weighted by atomic mass is 32.2. The van der Waals surface area contributed by atoms with Crippen LogP contribution in [-0.4, -0.2) is 34.6 Å². The van der Waals surface area contributed by atoms with Crippen LogP contribution in [0.1, 0.15) is 12.8 Å². The maximum atomic E-state index is 5.72. The Labute approximate surface area is 99.2 Å². The van der Waals surface area contributed by atoms with E-state index in [9.17, 15) is 0 Å². The molecule has 0 aliphatic carbocycles. The van der Waals surface area contributed by atoms with Gasteiger partial charge in [0.1, 0.15) is 6.33 Å². The maximum absolute atomic E-state index is 5.72. The lowest BCUT2D eigenvalue weighted by Crippen LogP contribution is -2.25. The van der Waals surface area contributed by atoms with Gasteiger partial charge in [0.2, 0.25) is 5.75 Å². The second-order valence-electron chi connectivity index (χ2n) is 3.67. The van der Waals surface area contributed by atoms with Gasteiger partial charge in [0.05, 0.1) is 7.11 Å². The molecule has 5 nitrogen and oxygen atoms in total. The molecule has 1 aliphatic heterocycles. The Bertz CT molecular complexity index is 355. The molecule has 16 heavy (non-hydrogen) atoms. The number of aromatic nitrogens is 2. The van der Waals surface area contributed by atoms with Crippen molar-refractivity contribution >= 4 is 23.4 Å². The van der Waals surface area contributed by atoms with Crippen LogP contribution in [-0.2, 0) is 0 Å². The molecule has 0 saturated carbocycles. The van der Waals surface area contributed by atoms with E-state index in [4.69, 9.17) is 10.5 Å². The summed E-state index contributed by atoms with van der Waals surface area (Å²) < 4.78 is 5.20. The third-order valence-corrected chi connectivity index (χ3v) is 3.65. The molecule has 0 radical (unpaired) electrons. The van der Waals surface area contributed by atoms with Gasteiger partial charge in [-0.1, -0.05) is 0 Å². The summed E-state index contributed by atoms with van der Waals surface area (Å²) in [5, 5.41) is 3.37.